The van der Waals surface area contributed by atoms with Crippen LogP contribution in [-0.4, -0.2) is 40.1 Å². The molecule has 1 amide bonds. The van der Waals surface area contributed by atoms with E-state index in [4.69, 9.17) is 9.47 Å². The Kier molecular flexibility index (Phi) is 6.55. The monoisotopic (exact) mass is 466 g/mol. The van der Waals surface area contributed by atoms with Gasteiger partial charge in [-0.3, -0.25) is 9.10 Å². The van der Waals surface area contributed by atoms with Crippen LogP contribution in [0, 0.1) is 13.8 Å². The molecule has 3 aromatic rings. The van der Waals surface area contributed by atoms with Crippen molar-refractivity contribution in [1.29, 1.82) is 0 Å². The summed E-state index contributed by atoms with van der Waals surface area (Å²) in [6, 6.07) is 20.8. The molecule has 172 valence electrons. The Morgan fingerprint density at radius 2 is 1.76 bits per heavy atom. The van der Waals surface area contributed by atoms with E-state index >= 15 is 0 Å². The molecular formula is C25H26N2O5S. The fourth-order valence-corrected chi connectivity index (χ4v) is 5.04. The lowest BCUT2D eigenvalue weighted by Crippen LogP contribution is -2.51. The van der Waals surface area contributed by atoms with Crippen molar-refractivity contribution in [2.75, 3.05) is 24.0 Å². The maximum absolute atomic E-state index is 13.3. The first-order chi connectivity index (χ1) is 15.9. The van der Waals surface area contributed by atoms with Crippen LogP contribution in [0.25, 0.3) is 0 Å². The number of fused-ring (bicyclic) bond motifs is 1. The minimum Gasteiger partial charge on any atom is -0.492 e. The van der Waals surface area contributed by atoms with Gasteiger partial charge in [0.05, 0.1) is 23.7 Å². The number of para-hydroxylation sites is 2. The van der Waals surface area contributed by atoms with E-state index in [0.29, 0.717) is 11.4 Å². The fraction of sp³-hybridized carbons (Fsp3) is 0.240. The molecule has 4 rings (SSSR count). The van der Waals surface area contributed by atoms with Crippen molar-refractivity contribution in [2.24, 2.45) is 0 Å². The second-order valence-corrected chi connectivity index (χ2v) is 9.67. The summed E-state index contributed by atoms with van der Waals surface area (Å²) in [5.74, 6) is 0.673. The van der Waals surface area contributed by atoms with Gasteiger partial charge in [-0.05, 0) is 61.4 Å². The summed E-state index contributed by atoms with van der Waals surface area (Å²) in [5, 5.41) is 2.78. The predicted octanol–water partition coefficient (Wildman–Crippen LogP) is 3.45. The van der Waals surface area contributed by atoms with Crippen molar-refractivity contribution in [3.63, 3.8) is 0 Å². The third kappa shape index (κ3) is 4.96. The van der Waals surface area contributed by atoms with E-state index < -0.39 is 22.0 Å². The number of aryl methyl sites for hydroxylation is 2. The lowest BCUT2D eigenvalue weighted by molar-refractivity contribution is -0.127. The zero-order valence-electron chi connectivity index (χ0n) is 18.5. The van der Waals surface area contributed by atoms with Gasteiger partial charge in [-0.25, -0.2) is 8.42 Å². The van der Waals surface area contributed by atoms with Crippen molar-refractivity contribution in [1.82, 2.24) is 5.32 Å². The average Bonchev–Trinajstić information content (AvgIpc) is 2.83. The molecule has 0 saturated heterocycles. The van der Waals surface area contributed by atoms with E-state index in [1.54, 1.807) is 42.5 Å². The zero-order chi connectivity index (χ0) is 23.4. The summed E-state index contributed by atoms with van der Waals surface area (Å²) in [5.41, 5.74) is 2.72. The highest BCUT2D eigenvalue weighted by Crippen LogP contribution is 2.36. The standard InChI is InChI=1S/C25H26N2O5S/c1-18-12-13-20(16-19(18)2)31-15-14-26-25(28)24-17-27(22-10-6-7-11-23(22)32-24)33(29,30)21-8-4-3-5-9-21/h3-13,16,24H,14-15,17H2,1-2H3,(H,26,28). The molecule has 1 unspecified atom stereocenters. The molecule has 8 heteroatoms. The summed E-state index contributed by atoms with van der Waals surface area (Å²) in [6.07, 6.45) is -0.986. The van der Waals surface area contributed by atoms with Crippen LogP contribution >= 0.6 is 0 Å². The topological polar surface area (TPSA) is 84.9 Å². The van der Waals surface area contributed by atoms with Crippen molar-refractivity contribution in [2.45, 2.75) is 24.8 Å². The summed E-state index contributed by atoms with van der Waals surface area (Å²) < 4.78 is 39.4. The number of nitrogens with zero attached hydrogens (tertiary/aromatic N) is 1. The van der Waals surface area contributed by atoms with Crippen LogP contribution in [0.4, 0.5) is 5.69 Å². The van der Waals surface area contributed by atoms with Crippen molar-refractivity contribution in [3.05, 3.63) is 83.9 Å². The normalized spacial score (nSPS) is 15.3. The summed E-state index contributed by atoms with van der Waals surface area (Å²) in [7, 11) is -3.86. The number of anilines is 1. The molecule has 0 radical (unpaired) electrons. The van der Waals surface area contributed by atoms with Crippen LogP contribution in [0.3, 0.4) is 0 Å². The van der Waals surface area contributed by atoms with Crippen LogP contribution in [0.5, 0.6) is 11.5 Å². The average molecular weight is 467 g/mol. The highest BCUT2D eigenvalue weighted by molar-refractivity contribution is 7.92. The van der Waals surface area contributed by atoms with Gasteiger partial charge in [-0.15, -0.1) is 0 Å². The predicted molar refractivity (Wildman–Crippen MR) is 126 cm³/mol. The molecule has 0 saturated carbocycles. The third-order valence-corrected chi connectivity index (χ3v) is 7.30. The SMILES string of the molecule is Cc1ccc(OCCNC(=O)C2CN(S(=O)(=O)c3ccccc3)c3ccccc3O2)cc1C. The smallest absolute Gasteiger partial charge is 0.264 e. The summed E-state index contributed by atoms with van der Waals surface area (Å²) in [4.78, 5) is 13.0. The highest BCUT2D eigenvalue weighted by atomic mass is 32.2. The van der Waals surface area contributed by atoms with E-state index in [-0.39, 0.29) is 24.6 Å². The van der Waals surface area contributed by atoms with Crippen LogP contribution < -0.4 is 19.1 Å². The molecule has 33 heavy (non-hydrogen) atoms. The maximum Gasteiger partial charge on any atom is 0.264 e. The van der Waals surface area contributed by atoms with Crippen LogP contribution in [0.2, 0.25) is 0 Å². The van der Waals surface area contributed by atoms with Gasteiger partial charge in [0.1, 0.15) is 18.1 Å². The Labute approximate surface area is 194 Å². The summed E-state index contributed by atoms with van der Waals surface area (Å²) >= 11 is 0. The first-order valence-corrected chi connectivity index (χ1v) is 12.1. The zero-order valence-corrected chi connectivity index (χ0v) is 19.3. The molecule has 0 spiro atoms. The molecule has 0 aliphatic carbocycles. The minimum atomic E-state index is -3.86. The molecule has 0 aromatic heterocycles. The number of nitrogens with one attached hydrogen (secondary N) is 1. The minimum absolute atomic E-state index is 0.127. The maximum atomic E-state index is 13.3. The van der Waals surface area contributed by atoms with Gasteiger partial charge in [0.2, 0.25) is 0 Å². The molecule has 3 aromatic carbocycles. The first-order valence-electron chi connectivity index (χ1n) is 10.7. The quantitative estimate of drug-likeness (QED) is 0.539. The molecule has 1 aliphatic rings. The van der Waals surface area contributed by atoms with E-state index in [1.165, 1.54) is 22.0 Å². The Balaban J connectivity index is 1.44. The molecule has 1 N–H and O–H groups in total. The second-order valence-electron chi connectivity index (χ2n) is 7.81. The lowest BCUT2D eigenvalue weighted by Gasteiger charge is -2.34. The fourth-order valence-electron chi connectivity index (χ4n) is 3.55. The Morgan fingerprint density at radius 3 is 2.52 bits per heavy atom. The first kappa shape index (κ1) is 22.7. The van der Waals surface area contributed by atoms with E-state index in [2.05, 4.69) is 5.32 Å². The van der Waals surface area contributed by atoms with Crippen molar-refractivity contribution >= 4 is 21.6 Å². The second kappa shape index (κ2) is 9.54. The van der Waals surface area contributed by atoms with Gasteiger partial charge >= 0.3 is 0 Å². The number of carbonyl (C=O) groups excluding carboxylic acids is 1. The van der Waals surface area contributed by atoms with Gasteiger partial charge in [0.15, 0.2) is 6.10 Å². The number of carbonyl (C=O) groups is 1. The van der Waals surface area contributed by atoms with Gasteiger partial charge in [0.25, 0.3) is 15.9 Å². The van der Waals surface area contributed by atoms with Crippen molar-refractivity contribution < 1.29 is 22.7 Å². The Hall–Kier alpha value is -3.52. The molecular weight excluding hydrogens is 440 g/mol. The summed E-state index contributed by atoms with van der Waals surface area (Å²) in [6.45, 7) is 4.46. The van der Waals surface area contributed by atoms with Gasteiger partial charge in [0, 0.05) is 0 Å². The highest BCUT2D eigenvalue weighted by Gasteiger charge is 2.37. The van der Waals surface area contributed by atoms with Gasteiger partial charge in [-0.1, -0.05) is 36.4 Å². The molecule has 1 atom stereocenters. The van der Waals surface area contributed by atoms with Crippen LogP contribution in [0.15, 0.2) is 77.7 Å². The Bertz CT molecular complexity index is 1240. The third-order valence-electron chi connectivity index (χ3n) is 5.51. The molecule has 1 heterocycles. The largest absolute Gasteiger partial charge is 0.492 e. The van der Waals surface area contributed by atoms with E-state index in [1.807, 2.05) is 32.0 Å². The Morgan fingerprint density at radius 1 is 1.03 bits per heavy atom. The van der Waals surface area contributed by atoms with E-state index in [0.717, 1.165) is 11.3 Å². The number of hydrogen-bond donors (Lipinski definition) is 1. The van der Waals surface area contributed by atoms with E-state index in [9.17, 15) is 13.2 Å². The van der Waals surface area contributed by atoms with Crippen molar-refractivity contribution in [3.8, 4) is 11.5 Å². The molecule has 0 bridgehead atoms. The number of benzene rings is 3. The lowest BCUT2D eigenvalue weighted by atomic mass is 10.1. The van der Waals surface area contributed by atoms with Crippen LogP contribution in [-0.2, 0) is 14.8 Å². The number of hydrogen-bond acceptors (Lipinski definition) is 5. The molecule has 0 fully saturated rings. The molecule has 7 nitrogen and oxygen atoms in total. The number of sulfonamides is 1. The number of ether oxygens (including phenoxy) is 2. The van der Waals surface area contributed by atoms with Gasteiger partial charge < -0.3 is 14.8 Å². The number of rotatable bonds is 7. The molecule has 1 aliphatic heterocycles. The van der Waals surface area contributed by atoms with Crippen LogP contribution in [0.1, 0.15) is 11.1 Å². The number of amides is 1. The van der Waals surface area contributed by atoms with Gasteiger partial charge in [-0.2, -0.15) is 0 Å².